The molecule has 0 atom stereocenters. The summed E-state index contributed by atoms with van der Waals surface area (Å²) < 4.78 is 27.5. The van der Waals surface area contributed by atoms with Gasteiger partial charge in [0.1, 0.15) is 4.90 Å². The standard InChI is InChI=1S/C15H21N3O2S/c1-12-4-6-14(7-5-12)18-21(19,20)15-9-13(3-2-8-16)10-17-11-15/h9-12,14,18H,4-8,16H2,1H3. The van der Waals surface area contributed by atoms with Crippen molar-refractivity contribution in [3.63, 3.8) is 0 Å². The summed E-state index contributed by atoms with van der Waals surface area (Å²) >= 11 is 0. The van der Waals surface area contributed by atoms with Gasteiger partial charge in [0.25, 0.3) is 0 Å². The molecule has 0 aliphatic heterocycles. The second kappa shape index (κ2) is 7.03. The SMILES string of the molecule is CC1CCC(NS(=O)(=O)c2cncc(C#CCN)c2)CC1. The largest absolute Gasteiger partial charge is 0.320 e. The lowest BCUT2D eigenvalue weighted by atomic mass is 9.88. The summed E-state index contributed by atoms with van der Waals surface area (Å²) in [6, 6.07) is 1.55. The van der Waals surface area contributed by atoms with Crippen LogP contribution in [0.2, 0.25) is 0 Å². The lowest BCUT2D eigenvalue weighted by molar-refractivity contribution is 0.332. The van der Waals surface area contributed by atoms with E-state index in [1.807, 2.05) is 0 Å². The molecule has 1 heterocycles. The summed E-state index contributed by atoms with van der Waals surface area (Å²) in [4.78, 5) is 4.10. The van der Waals surface area contributed by atoms with Gasteiger partial charge in [-0.15, -0.1) is 0 Å². The maximum atomic E-state index is 12.4. The first-order valence-electron chi connectivity index (χ1n) is 7.17. The number of nitrogens with zero attached hydrogens (tertiary/aromatic N) is 1. The van der Waals surface area contributed by atoms with Crippen LogP contribution < -0.4 is 10.5 Å². The Morgan fingerprint density at radius 3 is 2.71 bits per heavy atom. The summed E-state index contributed by atoms with van der Waals surface area (Å²) in [7, 11) is -3.54. The molecule has 0 radical (unpaired) electrons. The first-order chi connectivity index (χ1) is 10.0. The van der Waals surface area contributed by atoms with Crippen molar-refractivity contribution in [3.05, 3.63) is 24.0 Å². The van der Waals surface area contributed by atoms with E-state index in [4.69, 9.17) is 5.73 Å². The third-order valence-corrected chi connectivity index (χ3v) is 5.18. The van der Waals surface area contributed by atoms with Crippen molar-refractivity contribution in [1.29, 1.82) is 0 Å². The van der Waals surface area contributed by atoms with Gasteiger partial charge in [-0.05, 0) is 37.7 Å². The molecule has 1 aromatic rings. The van der Waals surface area contributed by atoms with E-state index in [1.165, 1.54) is 18.5 Å². The summed E-state index contributed by atoms with van der Waals surface area (Å²) in [5, 5.41) is 0. The predicted molar refractivity (Wildman–Crippen MR) is 81.9 cm³/mol. The molecular weight excluding hydrogens is 286 g/mol. The van der Waals surface area contributed by atoms with Crippen LogP contribution in [0.3, 0.4) is 0 Å². The average molecular weight is 307 g/mol. The molecule has 3 N–H and O–H groups in total. The van der Waals surface area contributed by atoms with Crippen LogP contribution in [-0.2, 0) is 10.0 Å². The summed E-state index contributed by atoms with van der Waals surface area (Å²) in [6.45, 7) is 2.43. The Bertz CT molecular complexity index is 638. The van der Waals surface area contributed by atoms with Crippen molar-refractivity contribution in [2.24, 2.45) is 11.7 Å². The second-order valence-corrected chi connectivity index (χ2v) is 7.21. The topological polar surface area (TPSA) is 85.1 Å². The third kappa shape index (κ3) is 4.53. The Labute approximate surface area is 126 Å². The molecule has 0 aromatic carbocycles. The number of rotatable bonds is 3. The van der Waals surface area contributed by atoms with E-state index in [1.54, 1.807) is 0 Å². The molecule has 0 bridgehead atoms. The molecule has 114 valence electrons. The van der Waals surface area contributed by atoms with E-state index in [0.717, 1.165) is 25.7 Å². The molecule has 1 aliphatic rings. The number of hydrogen-bond acceptors (Lipinski definition) is 4. The van der Waals surface area contributed by atoms with E-state index < -0.39 is 10.0 Å². The van der Waals surface area contributed by atoms with Crippen LogP contribution >= 0.6 is 0 Å². The number of hydrogen-bond donors (Lipinski definition) is 2. The Hall–Kier alpha value is -1.42. The zero-order valence-electron chi connectivity index (χ0n) is 12.2. The summed E-state index contributed by atoms with van der Waals surface area (Å²) in [5.41, 5.74) is 5.87. The van der Waals surface area contributed by atoms with Gasteiger partial charge in [-0.1, -0.05) is 18.8 Å². The minimum Gasteiger partial charge on any atom is -0.320 e. The first-order valence-corrected chi connectivity index (χ1v) is 8.66. The Balaban J connectivity index is 2.12. The zero-order valence-corrected chi connectivity index (χ0v) is 13.0. The zero-order chi connectivity index (χ0) is 15.3. The lowest BCUT2D eigenvalue weighted by Gasteiger charge is -2.26. The highest BCUT2D eigenvalue weighted by Gasteiger charge is 2.24. The number of nitrogens with one attached hydrogen (secondary N) is 1. The molecule has 2 rings (SSSR count). The molecule has 0 amide bonds. The molecule has 5 nitrogen and oxygen atoms in total. The van der Waals surface area contributed by atoms with Crippen LogP contribution in [0.4, 0.5) is 0 Å². The third-order valence-electron chi connectivity index (χ3n) is 3.70. The van der Waals surface area contributed by atoms with Gasteiger partial charge >= 0.3 is 0 Å². The van der Waals surface area contributed by atoms with E-state index >= 15 is 0 Å². The quantitative estimate of drug-likeness (QED) is 0.823. The number of sulfonamides is 1. The average Bonchev–Trinajstić information content (AvgIpc) is 2.48. The highest BCUT2D eigenvalue weighted by molar-refractivity contribution is 7.89. The molecule has 1 aromatic heterocycles. The molecule has 0 spiro atoms. The van der Waals surface area contributed by atoms with E-state index in [2.05, 4.69) is 28.5 Å². The molecule has 0 unspecified atom stereocenters. The second-order valence-electron chi connectivity index (χ2n) is 5.49. The Kier molecular flexibility index (Phi) is 5.34. The van der Waals surface area contributed by atoms with Crippen LogP contribution in [0, 0.1) is 17.8 Å². The predicted octanol–water partition coefficient (Wildman–Crippen LogP) is 1.25. The van der Waals surface area contributed by atoms with Gasteiger partial charge in [-0.25, -0.2) is 13.1 Å². The maximum Gasteiger partial charge on any atom is 0.242 e. The van der Waals surface area contributed by atoms with Crippen molar-refractivity contribution >= 4 is 10.0 Å². The number of nitrogens with two attached hydrogens (primary N) is 1. The van der Waals surface area contributed by atoms with Crippen LogP contribution in [-0.4, -0.2) is 26.0 Å². The monoisotopic (exact) mass is 307 g/mol. The normalized spacial score (nSPS) is 22.4. The molecule has 6 heteroatoms. The Morgan fingerprint density at radius 1 is 1.33 bits per heavy atom. The fourth-order valence-corrected chi connectivity index (χ4v) is 3.74. The van der Waals surface area contributed by atoms with E-state index in [0.29, 0.717) is 11.5 Å². The highest BCUT2D eigenvalue weighted by atomic mass is 32.2. The number of pyridine rings is 1. The van der Waals surface area contributed by atoms with E-state index in [9.17, 15) is 8.42 Å². The van der Waals surface area contributed by atoms with Gasteiger partial charge in [-0.3, -0.25) is 4.98 Å². The molecular formula is C15H21N3O2S. The molecule has 21 heavy (non-hydrogen) atoms. The lowest BCUT2D eigenvalue weighted by Crippen LogP contribution is -2.37. The highest BCUT2D eigenvalue weighted by Crippen LogP contribution is 2.24. The van der Waals surface area contributed by atoms with Crippen LogP contribution in [0.5, 0.6) is 0 Å². The molecule has 1 saturated carbocycles. The van der Waals surface area contributed by atoms with Gasteiger partial charge in [0.15, 0.2) is 0 Å². The van der Waals surface area contributed by atoms with Crippen LogP contribution in [0.1, 0.15) is 38.2 Å². The van der Waals surface area contributed by atoms with Crippen molar-refractivity contribution in [3.8, 4) is 11.8 Å². The van der Waals surface area contributed by atoms with Crippen LogP contribution in [0.15, 0.2) is 23.4 Å². The van der Waals surface area contributed by atoms with Gasteiger partial charge in [-0.2, -0.15) is 0 Å². The number of aromatic nitrogens is 1. The van der Waals surface area contributed by atoms with Gasteiger partial charge < -0.3 is 5.73 Å². The summed E-state index contributed by atoms with van der Waals surface area (Å²) in [5.74, 6) is 6.17. The van der Waals surface area contributed by atoms with Crippen molar-refractivity contribution in [2.75, 3.05) is 6.54 Å². The Morgan fingerprint density at radius 2 is 2.05 bits per heavy atom. The van der Waals surface area contributed by atoms with Crippen molar-refractivity contribution in [1.82, 2.24) is 9.71 Å². The van der Waals surface area contributed by atoms with Gasteiger partial charge in [0, 0.05) is 24.0 Å². The smallest absolute Gasteiger partial charge is 0.242 e. The molecule has 1 fully saturated rings. The summed E-state index contributed by atoms with van der Waals surface area (Å²) in [6.07, 6.45) is 6.78. The first kappa shape index (κ1) is 16.0. The van der Waals surface area contributed by atoms with Crippen molar-refractivity contribution in [2.45, 2.75) is 43.5 Å². The minimum absolute atomic E-state index is 0.0185. The minimum atomic E-state index is -3.54. The van der Waals surface area contributed by atoms with E-state index in [-0.39, 0.29) is 17.5 Å². The van der Waals surface area contributed by atoms with Crippen molar-refractivity contribution < 1.29 is 8.42 Å². The van der Waals surface area contributed by atoms with Gasteiger partial charge in [0.2, 0.25) is 10.0 Å². The van der Waals surface area contributed by atoms with Gasteiger partial charge in [0.05, 0.1) is 6.54 Å². The molecule has 1 aliphatic carbocycles. The fraction of sp³-hybridized carbons (Fsp3) is 0.533. The maximum absolute atomic E-state index is 12.4. The molecule has 0 saturated heterocycles. The van der Waals surface area contributed by atoms with Crippen LogP contribution in [0.25, 0.3) is 0 Å². The fourth-order valence-electron chi connectivity index (χ4n) is 2.45.